The van der Waals surface area contributed by atoms with Gasteiger partial charge in [-0.3, -0.25) is 4.79 Å². The van der Waals surface area contributed by atoms with E-state index in [-0.39, 0.29) is 11.4 Å². The molecular formula is C18H24O2. The average molecular weight is 272 g/mol. The van der Waals surface area contributed by atoms with E-state index in [1.807, 2.05) is 12.1 Å². The topological polar surface area (TPSA) is 26.3 Å². The Balaban J connectivity index is 1.67. The van der Waals surface area contributed by atoms with Crippen LogP contribution in [0.2, 0.25) is 0 Å². The average Bonchev–Trinajstić information content (AvgIpc) is 3.09. The lowest BCUT2D eigenvalue weighted by molar-refractivity contribution is -0.145. The van der Waals surface area contributed by atoms with Gasteiger partial charge in [-0.15, -0.1) is 0 Å². The minimum absolute atomic E-state index is 0.00814. The van der Waals surface area contributed by atoms with Crippen LogP contribution in [0, 0.1) is 11.3 Å². The molecule has 3 rings (SSSR count). The highest BCUT2D eigenvalue weighted by Crippen LogP contribution is 2.54. The normalized spacial score (nSPS) is 29.4. The molecule has 2 heteroatoms. The zero-order chi connectivity index (χ0) is 14.2. The highest BCUT2D eigenvalue weighted by Gasteiger charge is 2.51. The molecule has 2 aliphatic rings. The van der Waals surface area contributed by atoms with Crippen molar-refractivity contribution in [3.05, 3.63) is 29.8 Å². The van der Waals surface area contributed by atoms with Crippen LogP contribution in [0.15, 0.2) is 24.3 Å². The fourth-order valence-corrected chi connectivity index (χ4v) is 3.79. The molecule has 0 heterocycles. The van der Waals surface area contributed by atoms with Gasteiger partial charge < -0.3 is 4.74 Å². The second-order valence-corrected chi connectivity index (χ2v) is 6.70. The zero-order valence-corrected chi connectivity index (χ0v) is 12.5. The molecule has 0 N–H and O–H groups in total. The maximum atomic E-state index is 12.4. The number of carbonyl (C=O) groups is 1. The lowest BCUT2D eigenvalue weighted by Gasteiger charge is -2.23. The molecule has 0 saturated heterocycles. The molecule has 2 nitrogen and oxygen atoms in total. The van der Waals surface area contributed by atoms with Gasteiger partial charge in [-0.1, -0.05) is 26.0 Å². The molecule has 1 atom stereocenters. The quantitative estimate of drug-likeness (QED) is 0.587. The predicted octanol–water partition coefficient (Wildman–Crippen LogP) is 4.69. The third-order valence-electron chi connectivity index (χ3n) is 5.45. The first-order chi connectivity index (χ1) is 9.63. The number of hydrogen-bond acceptors (Lipinski definition) is 2. The fourth-order valence-electron chi connectivity index (χ4n) is 3.79. The molecule has 0 spiro atoms. The van der Waals surface area contributed by atoms with Gasteiger partial charge in [0.1, 0.15) is 5.75 Å². The molecule has 1 aromatic carbocycles. The van der Waals surface area contributed by atoms with Crippen LogP contribution in [0.5, 0.6) is 5.75 Å². The minimum Gasteiger partial charge on any atom is -0.426 e. The van der Waals surface area contributed by atoms with Crippen LogP contribution in [-0.2, 0) is 4.79 Å². The Kier molecular flexibility index (Phi) is 3.57. The number of benzene rings is 1. The van der Waals surface area contributed by atoms with Crippen LogP contribution in [0.1, 0.15) is 63.9 Å². The summed E-state index contributed by atoms with van der Waals surface area (Å²) in [6, 6.07) is 8.05. The summed E-state index contributed by atoms with van der Waals surface area (Å²) >= 11 is 0. The molecule has 0 radical (unpaired) electrons. The van der Waals surface area contributed by atoms with Crippen LogP contribution in [0.25, 0.3) is 0 Å². The number of hydrogen-bond donors (Lipinski definition) is 0. The monoisotopic (exact) mass is 272 g/mol. The van der Waals surface area contributed by atoms with E-state index in [2.05, 4.69) is 26.0 Å². The summed E-state index contributed by atoms with van der Waals surface area (Å²) in [6.45, 7) is 4.41. The van der Waals surface area contributed by atoms with Crippen LogP contribution < -0.4 is 4.74 Å². The van der Waals surface area contributed by atoms with Gasteiger partial charge in [0.15, 0.2) is 0 Å². The van der Waals surface area contributed by atoms with Crippen LogP contribution in [0.3, 0.4) is 0 Å². The molecule has 0 aliphatic heterocycles. The van der Waals surface area contributed by atoms with Gasteiger partial charge in [0.25, 0.3) is 0 Å². The summed E-state index contributed by atoms with van der Waals surface area (Å²) in [7, 11) is 0. The summed E-state index contributed by atoms with van der Waals surface area (Å²) in [5.41, 5.74) is 1.16. The fraction of sp³-hybridized carbons (Fsp3) is 0.611. The lowest BCUT2D eigenvalue weighted by atomic mass is 9.84. The third-order valence-corrected chi connectivity index (χ3v) is 5.45. The van der Waals surface area contributed by atoms with Crippen molar-refractivity contribution in [1.29, 1.82) is 0 Å². The molecule has 2 saturated carbocycles. The molecule has 20 heavy (non-hydrogen) atoms. The van der Waals surface area contributed by atoms with Gasteiger partial charge >= 0.3 is 5.97 Å². The Morgan fingerprint density at radius 3 is 2.45 bits per heavy atom. The molecular weight excluding hydrogens is 248 g/mol. The number of carbonyl (C=O) groups excluding carboxylic acids is 1. The summed E-state index contributed by atoms with van der Waals surface area (Å²) < 4.78 is 5.65. The number of rotatable bonds is 4. The number of esters is 1. The standard InChI is InChI=1S/C18H24O2/c1-3-13(2)15-4-6-16(7-5-15)20-17(19)18-10-8-14(12-18)9-11-18/h4-7,13-14H,3,8-12H2,1-2H3. The Bertz CT molecular complexity index is 481. The van der Waals surface area contributed by atoms with Gasteiger partial charge in [-0.2, -0.15) is 0 Å². The first-order valence-corrected chi connectivity index (χ1v) is 7.95. The van der Waals surface area contributed by atoms with Crippen LogP contribution >= 0.6 is 0 Å². The molecule has 0 amide bonds. The van der Waals surface area contributed by atoms with Crippen molar-refractivity contribution in [2.24, 2.45) is 11.3 Å². The Labute approximate surface area is 121 Å². The van der Waals surface area contributed by atoms with E-state index in [0.29, 0.717) is 11.7 Å². The van der Waals surface area contributed by atoms with Crippen molar-refractivity contribution in [2.75, 3.05) is 0 Å². The molecule has 0 aromatic heterocycles. The number of fused-ring (bicyclic) bond motifs is 2. The van der Waals surface area contributed by atoms with E-state index < -0.39 is 0 Å². The maximum Gasteiger partial charge on any atom is 0.317 e. The SMILES string of the molecule is CCC(C)c1ccc(OC(=O)C23CCC(CC2)C3)cc1. The zero-order valence-electron chi connectivity index (χ0n) is 12.5. The molecule has 2 bridgehead atoms. The second kappa shape index (κ2) is 5.23. The van der Waals surface area contributed by atoms with Gasteiger partial charge in [-0.05, 0) is 68.1 Å². The van der Waals surface area contributed by atoms with Crippen molar-refractivity contribution < 1.29 is 9.53 Å². The van der Waals surface area contributed by atoms with Crippen molar-refractivity contribution in [1.82, 2.24) is 0 Å². The summed E-state index contributed by atoms with van der Waals surface area (Å²) in [5.74, 6) is 2.04. The first kappa shape index (κ1) is 13.7. The summed E-state index contributed by atoms with van der Waals surface area (Å²) in [5, 5.41) is 0. The smallest absolute Gasteiger partial charge is 0.317 e. The van der Waals surface area contributed by atoms with Gasteiger partial charge in [0, 0.05) is 0 Å². The van der Waals surface area contributed by atoms with E-state index >= 15 is 0 Å². The van der Waals surface area contributed by atoms with E-state index in [4.69, 9.17) is 4.74 Å². The van der Waals surface area contributed by atoms with E-state index in [0.717, 1.165) is 31.6 Å². The Hall–Kier alpha value is -1.31. The second-order valence-electron chi connectivity index (χ2n) is 6.70. The highest BCUT2D eigenvalue weighted by molar-refractivity contribution is 5.80. The molecule has 2 fully saturated rings. The van der Waals surface area contributed by atoms with E-state index in [1.165, 1.54) is 18.4 Å². The summed E-state index contributed by atoms with van der Waals surface area (Å²) in [6.07, 6.45) is 6.66. The Morgan fingerprint density at radius 1 is 1.30 bits per heavy atom. The van der Waals surface area contributed by atoms with Crippen LogP contribution in [-0.4, -0.2) is 5.97 Å². The molecule has 2 aliphatic carbocycles. The van der Waals surface area contributed by atoms with Crippen molar-refractivity contribution in [2.45, 2.75) is 58.3 Å². The number of ether oxygens (including phenoxy) is 1. The lowest BCUT2D eigenvalue weighted by Crippen LogP contribution is -2.30. The molecule has 1 unspecified atom stereocenters. The van der Waals surface area contributed by atoms with Gasteiger partial charge in [0.2, 0.25) is 0 Å². The minimum atomic E-state index is -0.153. The Morgan fingerprint density at radius 2 is 1.95 bits per heavy atom. The largest absolute Gasteiger partial charge is 0.426 e. The van der Waals surface area contributed by atoms with Crippen molar-refractivity contribution >= 4 is 5.97 Å². The molecule has 108 valence electrons. The third kappa shape index (κ3) is 2.36. The van der Waals surface area contributed by atoms with Gasteiger partial charge in [-0.25, -0.2) is 0 Å². The van der Waals surface area contributed by atoms with Gasteiger partial charge in [0.05, 0.1) is 5.41 Å². The predicted molar refractivity (Wildman–Crippen MR) is 79.8 cm³/mol. The van der Waals surface area contributed by atoms with Crippen LogP contribution in [0.4, 0.5) is 0 Å². The maximum absolute atomic E-state index is 12.4. The van der Waals surface area contributed by atoms with E-state index in [9.17, 15) is 4.79 Å². The molecule has 1 aromatic rings. The van der Waals surface area contributed by atoms with E-state index in [1.54, 1.807) is 0 Å². The van der Waals surface area contributed by atoms with Crippen molar-refractivity contribution in [3.8, 4) is 5.75 Å². The highest BCUT2D eigenvalue weighted by atomic mass is 16.5. The first-order valence-electron chi connectivity index (χ1n) is 7.95. The van der Waals surface area contributed by atoms with Crippen molar-refractivity contribution in [3.63, 3.8) is 0 Å². The summed E-state index contributed by atoms with van der Waals surface area (Å²) in [4.78, 5) is 12.4.